The molecule has 1 saturated heterocycles. The summed E-state index contributed by atoms with van der Waals surface area (Å²) in [5.41, 5.74) is 2.57. The van der Waals surface area contributed by atoms with Crippen LogP contribution in [0, 0.1) is 0 Å². The smallest absolute Gasteiger partial charge is 0.0662 e. The second kappa shape index (κ2) is 8.20. The van der Waals surface area contributed by atoms with Crippen molar-refractivity contribution < 1.29 is 5.11 Å². The summed E-state index contributed by atoms with van der Waals surface area (Å²) < 4.78 is 0. The third-order valence-electron chi connectivity index (χ3n) is 4.23. The van der Waals surface area contributed by atoms with E-state index in [1.165, 1.54) is 11.3 Å². The van der Waals surface area contributed by atoms with Crippen LogP contribution >= 0.6 is 0 Å². The van der Waals surface area contributed by atoms with Crippen LogP contribution in [0.4, 0.5) is 5.69 Å². The number of anilines is 1. The zero-order chi connectivity index (χ0) is 15.1. The van der Waals surface area contributed by atoms with Gasteiger partial charge in [-0.3, -0.25) is 0 Å². The predicted octanol–water partition coefficient (Wildman–Crippen LogP) is 3.05. The fraction of sp³-hybridized carbons (Fsp3) is 0.556. The summed E-state index contributed by atoms with van der Waals surface area (Å²) in [4.78, 5) is 2.45. The summed E-state index contributed by atoms with van der Waals surface area (Å²) in [5.74, 6) is 0. The van der Waals surface area contributed by atoms with Gasteiger partial charge in [-0.1, -0.05) is 31.2 Å². The predicted molar refractivity (Wildman–Crippen MR) is 90.7 cm³/mol. The highest BCUT2D eigenvalue weighted by Gasteiger charge is 2.19. The number of benzene rings is 1. The normalized spacial score (nSPS) is 18.3. The van der Waals surface area contributed by atoms with Crippen molar-refractivity contribution in [1.82, 2.24) is 5.32 Å². The highest BCUT2D eigenvalue weighted by molar-refractivity contribution is 5.55. The maximum Gasteiger partial charge on any atom is 0.0662 e. The highest BCUT2D eigenvalue weighted by atomic mass is 16.3. The average molecular weight is 288 g/mol. The van der Waals surface area contributed by atoms with Crippen molar-refractivity contribution in [3.8, 4) is 0 Å². The fourth-order valence-electron chi connectivity index (χ4n) is 2.78. The standard InChI is InChI=1S/C18H28N2O/c1-3-5-15-6-8-17(9-7-15)20-12-10-16(11-13-20)19-14-18(21)4-2/h3,5-9,16,18-19,21H,4,10-14H2,1-2H3/b5-3+. The Balaban J connectivity index is 1.80. The minimum atomic E-state index is -0.206. The SMILES string of the molecule is C/C=C/c1ccc(N2CCC(NCC(O)CC)CC2)cc1. The summed E-state index contributed by atoms with van der Waals surface area (Å²) >= 11 is 0. The molecule has 1 heterocycles. The number of hydrogen-bond acceptors (Lipinski definition) is 3. The Bertz CT molecular complexity index is 433. The van der Waals surface area contributed by atoms with E-state index in [0.29, 0.717) is 6.04 Å². The van der Waals surface area contributed by atoms with Gasteiger partial charge in [0.25, 0.3) is 0 Å². The minimum Gasteiger partial charge on any atom is -0.392 e. The molecule has 0 aliphatic carbocycles. The Morgan fingerprint density at radius 3 is 2.52 bits per heavy atom. The molecule has 3 nitrogen and oxygen atoms in total. The third kappa shape index (κ3) is 4.87. The molecule has 0 bridgehead atoms. The molecular weight excluding hydrogens is 260 g/mol. The van der Waals surface area contributed by atoms with Crippen LogP contribution in [-0.4, -0.2) is 36.9 Å². The topological polar surface area (TPSA) is 35.5 Å². The number of allylic oxidation sites excluding steroid dienone is 1. The Morgan fingerprint density at radius 2 is 1.95 bits per heavy atom. The van der Waals surface area contributed by atoms with Crippen LogP contribution in [0.3, 0.4) is 0 Å². The summed E-state index contributed by atoms with van der Waals surface area (Å²) in [6, 6.07) is 9.33. The van der Waals surface area contributed by atoms with E-state index < -0.39 is 0 Å². The number of piperidine rings is 1. The van der Waals surface area contributed by atoms with E-state index in [4.69, 9.17) is 0 Å². The zero-order valence-electron chi connectivity index (χ0n) is 13.3. The zero-order valence-corrected chi connectivity index (χ0v) is 13.3. The molecule has 1 fully saturated rings. The van der Waals surface area contributed by atoms with Gasteiger partial charge >= 0.3 is 0 Å². The summed E-state index contributed by atoms with van der Waals surface area (Å²) in [6.45, 7) is 6.96. The lowest BCUT2D eigenvalue weighted by molar-refractivity contribution is 0.160. The van der Waals surface area contributed by atoms with Crippen molar-refractivity contribution in [3.63, 3.8) is 0 Å². The Kier molecular flexibility index (Phi) is 6.27. The van der Waals surface area contributed by atoms with E-state index in [9.17, 15) is 5.11 Å². The lowest BCUT2D eigenvalue weighted by Crippen LogP contribution is -2.44. The average Bonchev–Trinajstić information content (AvgIpc) is 2.54. The summed E-state index contributed by atoms with van der Waals surface area (Å²) in [5, 5.41) is 13.1. The van der Waals surface area contributed by atoms with Crippen molar-refractivity contribution in [2.24, 2.45) is 0 Å². The lowest BCUT2D eigenvalue weighted by Gasteiger charge is -2.34. The Hall–Kier alpha value is -1.32. The molecule has 0 spiro atoms. The first-order valence-electron chi connectivity index (χ1n) is 8.12. The van der Waals surface area contributed by atoms with Gasteiger partial charge in [-0.2, -0.15) is 0 Å². The lowest BCUT2D eigenvalue weighted by atomic mass is 10.0. The van der Waals surface area contributed by atoms with Crippen molar-refractivity contribution in [2.45, 2.75) is 45.3 Å². The van der Waals surface area contributed by atoms with Gasteiger partial charge in [0.05, 0.1) is 6.10 Å². The van der Waals surface area contributed by atoms with Crippen LogP contribution in [0.2, 0.25) is 0 Å². The van der Waals surface area contributed by atoms with E-state index >= 15 is 0 Å². The molecule has 2 N–H and O–H groups in total. The first-order valence-corrected chi connectivity index (χ1v) is 8.12. The second-order valence-corrected chi connectivity index (χ2v) is 5.82. The van der Waals surface area contributed by atoms with E-state index in [1.54, 1.807) is 0 Å². The molecule has 1 aliphatic rings. The van der Waals surface area contributed by atoms with Gasteiger partial charge in [0.15, 0.2) is 0 Å². The van der Waals surface area contributed by atoms with Crippen molar-refractivity contribution in [3.05, 3.63) is 35.9 Å². The van der Waals surface area contributed by atoms with E-state index in [0.717, 1.165) is 38.9 Å². The molecule has 3 heteroatoms. The van der Waals surface area contributed by atoms with Crippen LogP contribution in [-0.2, 0) is 0 Å². The van der Waals surface area contributed by atoms with E-state index in [1.807, 2.05) is 13.8 Å². The molecule has 1 atom stereocenters. The second-order valence-electron chi connectivity index (χ2n) is 5.82. The van der Waals surface area contributed by atoms with Crippen LogP contribution in [0.15, 0.2) is 30.3 Å². The largest absolute Gasteiger partial charge is 0.392 e. The van der Waals surface area contributed by atoms with Crippen LogP contribution in [0.1, 0.15) is 38.7 Å². The molecule has 0 aromatic heterocycles. The molecule has 116 valence electrons. The maximum atomic E-state index is 9.61. The molecule has 0 saturated carbocycles. The van der Waals surface area contributed by atoms with Crippen LogP contribution in [0.25, 0.3) is 6.08 Å². The number of nitrogens with one attached hydrogen (secondary N) is 1. The molecule has 1 unspecified atom stereocenters. The minimum absolute atomic E-state index is 0.206. The molecule has 1 aromatic rings. The number of aliphatic hydroxyl groups excluding tert-OH is 1. The maximum absolute atomic E-state index is 9.61. The molecule has 2 rings (SSSR count). The number of rotatable bonds is 6. The fourth-order valence-corrected chi connectivity index (χ4v) is 2.78. The number of aliphatic hydroxyl groups is 1. The number of nitrogens with zero attached hydrogens (tertiary/aromatic N) is 1. The first kappa shape index (κ1) is 16.1. The van der Waals surface area contributed by atoms with Crippen LogP contribution < -0.4 is 10.2 Å². The molecular formula is C18H28N2O. The van der Waals surface area contributed by atoms with Crippen molar-refractivity contribution >= 4 is 11.8 Å². The van der Waals surface area contributed by atoms with E-state index in [-0.39, 0.29) is 6.10 Å². The van der Waals surface area contributed by atoms with Gasteiger partial charge in [-0.25, -0.2) is 0 Å². The van der Waals surface area contributed by atoms with Gasteiger partial charge in [0.1, 0.15) is 0 Å². The highest BCUT2D eigenvalue weighted by Crippen LogP contribution is 2.21. The third-order valence-corrected chi connectivity index (χ3v) is 4.23. The van der Waals surface area contributed by atoms with Gasteiger partial charge in [-0.15, -0.1) is 0 Å². The number of hydrogen-bond donors (Lipinski definition) is 2. The van der Waals surface area contributed by atoms with E-state index in [2.05, 4.69) is 46.6 Å². The Morgan fingerprint density at radius 1 is 1.29 bits per heavy atom. The van der Waals surface area contributed by atoms with Crippen LogP contribution in [0.5, 0.6) is 0 Å². The van der Waals surface area contributed by atoms with Gasteiger partial charge < -0.3 is 15.3 Å². The van der Waals surface area contributed by atoms with Gasteiger partial charge in [-0.05, 0) is 43.9 Å². The van der Waals surface area contributed by atoms with Gasteiger partial charge in [0, 0.05) is 31.4 Å². The summed E-state index contributed by atoms with van der Waals surface area (Å²) in [7, 11) is 0. The quantitative estimate of drug-likeness (QED) is 0.844. The van der Waals surface area contributed by atoms with Crippen molar-refractivity contribution in [1.29, 1.82) is 0 Å². The molecule has 21 heavy (non-hydrogen) atoms. The Labute approximate surface area is 128 Å². The molecule has 0 amide bonds. The van der Waals surface area contributed by atoms with Gasteiger partial charge in [0.2, 0.25) is 0 Å². The summed E-state index contributed by atoms with van der Waals surface area (Å²) in [6.07, 6.45) is 7.10. The molecule has 1 aliphatic heterocycles. The first-order chi connectivity index (χ1) is 10.2. The monoisotopic (exact) mass is 288 g/mol. The molecule has 1 aromatic carbocycles. The molecule has 0 radical (unpaired) electrons. The van der Waals surface area contributed by atoms with Crippen molar-refractivity contribution in [2.75, 3.05) is 24.5 Å².